The van der Waals surface area contributed by atoms with Gasteiger partial charge in [0.2, 0.25) is 0 Å². The molecule has 0 bridgehead atoms. The third kappa shape index (κ3) is 1050. The topological polar surface area (TPSA) is 149 Å². The van der Waals surface area contributed by atoms with E-state index in [-0.39, 0.29) is 25.9 Å². The maximum atomic E-state index is 8.94. The predicted molar refractivity (Wildman–Crippen MR) is 19.6 cm³/mol. The van der Waals surface area contributed by atoms with E-state index in [1.807, 2.05) is 0 Å². The summed E-state index contributed by atoms with van der Waals surface area (Å²) in [6.45, 7) is 0. The van der Waals surface area contributed by atoms with Crippen LogP contribution in [0.1, 0.15) is 2.85 Å². The monoisotopic (exact) mass is 264 g/mol. The first kappa shape index (κ1) is 17.9. The molecule has 0 heterocycles. The summed E-state index contributed by atoms with van der Waals surface area (Å²) in [6, 6.07) is 0. The second-order valence-corrected chi connectivity index (χ2v) is 3.75. The van der Waals surface area contributed by atoms with Crippen LogP contribution < -0.4 is 0 Å². The summed E-state index contributed by atoms with van der Waals surface area (Å²) in [6.07, 6.45) is 0. The zero-order valence-electron chi connectivity index (χ0n) is 6.95. The average molecular weight is 264 g/mol. The second kappa shape index (κ2) is 6.43. The van der Waals surface area contributed by atoms with Gasteiger partial charge in [0.15, 0.2) is 0 Å². The predicted octanol–water partition coefficient (Wildman–Crippen LogP) is -2.86. The van der Waals surface area contributed by atoms with Crippen molar-refractivity contribution in [2.24, 2.45) is 0 Å². The van der Waals surface area contributed by atoms with Gasteiger partial charge in [-0.25, -0.2) is 0 Å². The van der Waals surface area contributed by atoms with Crippen LogP contribution >= 0.6 is 0 Å². The molecule has 0 aliphatic rings. The molecule has 0 aliphatic carbocycles. The van der Waals surface area contributed by atoms with Gasteiger partial charge in [0.25, 0.3) is 0 Å². The molecule has 0 spiro atoms. The second-order valence-electron chi connectivity index (χ2n) is 0.909. The van der Waals surface area contributed by atoms with E-state index in [0.29, 0.717) is 0 Å². The van der Waals surface area contributed by atoms with Gasteiger partial charge < -0.3 is 2.85 Å². The van der Waals surface area contributed by atoms with E-state index in [4.69, 9.17) is 31.5 Å². The molecule has 0 saturated carbocycles. The van der Waals surface area contributed by atoms with E-state index in [2.05, 4.69) is 0 Å². The number of rotatable bonds is 0. The molecule has 0 saturated heterocycles. The van der Waals surface area contributed by atoms with Gasteiger partial charge in [0.05, 0.1) is 0 Å². The van der Waals surface area contributed by atoms with Crippen molar-refractivity contribution in [3.8, 4) is 0 Å². The van der Waals surface area contributed by atoms with Crippen LogP contribution in [0.3, 0.4) is 0 Å². The Labute approximate surface area is 85.1 Å². The third-order valence-corrected chi connectivity index (χ3v) is 0. The normalized spacial score (nSPS) is 10.5. The Morgan fingerprint density at radius 1 is 1.09 bits per heavy atom. The molecular weight excluding hydrogens is 258 g/mol. The Hall–Kier alpha value is 0.910. The molecular formula is H6MgMnO8V. The summed E-state index contributed by atoms with van der Waals surface area (Å²) in [7, 11) is 0. The molecule has 0 fully saturated rings. The van der Waals surface area contributed by atoms with Gasteiger partial charge in [-0.15, -0.1) is 0 Å². The quantitative estimate of drug-likeness (QED) is 0.341. The first-order valence-corrected chi connectivity index (χ1v) is 5.83. The molecule has 8 nitrogen and oxygen atoms in total. The van der Waals surface area contributed by atoms with Crippen LogP contribution in [-0.4, -0.2) is 39.3 Å². The Kier molecular flexibility index (Phi) is 10.4. The first-order valence-electron chi connectivity index (χ1n) is 1.41. The van der Waals surface area contributed by atoms with Gasteiger partial charge in [-0.2, -0.15) is 0 Å². The Morgan fingerprint density at radius 3 is 1.09 bits per heavy atom. The van der Waals surface area contributed by atoms with Crippen LogP contribution in [0.4, 0.5) is 0 Å². The first-order chi connectivity index (χ1) is 4.00. The van der Waals surface area contributed by atoms with Crippen LogP contribution in [-0.2, 0) is 43.2 Å². The van der Waals surface area contributed by atoms with Crippen molar-refractivity contribution in [1.82, 2.24) is 0 Å². The zero-order valence-corrected chi connectivity index (χ0v) is 8.95. The molecule has 0 aliphatic heterocycles. The number of hydrogen-bond acceptors (Lipinski definition) is 4. The third-order valence-electron chi connectivity index (χ3n) is 0. The molecule has 11 heteroatoms. The Balaban J connectivity index is -0.0000000267. The molecule has 0 aromatic carbocycles. The van der Waals surface area contributed by atoms with Crippen molar-refractivity contribution in [2.75, 3.05) is 0 Å². The van der Waals surface area contributed by atoms with E-state index < -0.39 is 28.0 Å². The zero-order chi connectivity index (χ0) is 9.00. The van der Waals surface area contributed by atoms with Crippen molar-refractivity contribution in [2.45, 2.75) is 0 Å². The van der Waals surface area contributed by atoms with Gasteiger partial charge in [-0.1, -0.05) is 0 Å². The van der Waals surface area contributed by atoms with Crippen LogP contribution in [0.2, 0.25) is 0 Å². The van der Waals surface area contributed by atoms with Crippen LogP contribution in [0.5, 0.6) is 0 Å². The standard InChI is InChI=1S/Mg.Mn.4H2O.4O.V.2H/h;;4*1H2;;;;;;;/q+2;+1;;;;;;;;;+3;2*-1/p-4. The molecule has 0 rings (SSSR count). The fraction of sp³-hybridized carbons (Fsp3) is 0. The fourth-order valence-electron chi connectivity index (χ4n) is 0. The molecule has 0 aromatic heterocycles. The van der Waals surface area contributed by atoms with Crippen molar-refractivity contribution >= 4 is 23.1 Å². The summed E-state index contributed by atoms with van der Waals surface area (Å²) in [4.78, 5) is 0. The summed E-state index contributed by atoms with van der Waals surface area (Å²) in [5, 5.41) is 0. The van der Waals surface area contributed by atoms with Crippen molar-refractivity contribution in [3.05, 3.63) is 0 Å². The van der Waals surface area contributed by atoms with E-state index in [1.165, 1.54) is 0 Å². The van der Waals surface area contributed by atoms with Crippen molar-refractivity contribution < 1.29 is 62.3 Å². The van der Waals surface area contributed by atoms with Crippen molar-refractivity contribution in [1.29, 1.82) is 0 Å². The SMILES string of the molecule is [H-].[H-].[Mg+2].[O]=[Mn](=[O])(=[O])[OH].[O]=[V]([OH])([OH])[OH]. The van der Waals surface area contributed by atoms with E-state index >= 15 is 0 Å². The van der Waals surface area contributed by atoms with Gasteiger partial charge in [0.1, 0.15) is 0 Å². The van der Waals surface area contributed by atoms with Crippen LogP contribution in [0, 0.1) is 0 Å². The van der Waals surface area contributed by atoms with Gasteiger partial charge in [-0.05, 0) is 0 Å². The van der Waals surface area contributed by atoms with E-state index in [1.54, 1.807) is 0 Å². The van der Waals surface area contributed by atoms with Gasteiger partial charge in [0, 0.05) is 0 Å². The summed E-state index contributed by atoms with van der Waals surface area (Å²) < 4.78 is 63.8. The van der Waals surface area contributed by atoms with Crippen molar-refractivity contribution in [3.63, 3.8) is 0 Å². The molecule has 0 atom stereocenters. The van der Waals surface area contributed by atoms with Crippen LogP contribution in [0.25, 0.3) is 0 Å². The molecule has 0 aromatic rings. The fourth-order valence-corrected chi connectivity index (χ4v) is 0. The minimum atomic E-state index is -5.38. The number of hydrogen-bond donors (Lipinski definition) is 4. The van der Waals surface area contributed by atoms with Gasteiger partial charge in [-0.3, -0.25) is 0 Å². The Bertz CT molecular complexity index is 246. The molecule has 4 N–H and O–H groups in total. The average Bonchev–Trinajstić information content (AvgIpc) is 1.12. The molecule has 0 amide bonds. The van der Waals surface area contributed by atoms with E-state index in [9.17, 15) is 0 Å². The Morgan fingerprint density at radius 2 is 1.09 bits per heavy atom. The molecule has 0 unspecified atom stereocenters. The molecule has 0 radical (unpaired) electrons. The van der Waals surface area contributed by atoms with Crippen LogP contribution in [0.15, 0.2) is 0 Å². The minimum absolute atomic E-state index is 0. The summed E-state index contributed by atoms with van der Waals surface area (Å²) >= 11 is -10.5. The summed E-state index contributed by atoms with van der Waals surface area (Å²) in [5.74, 6) is 0. The molecule has 68 valence electrons. The van der Waals surface area contributed by atoms with E-state index in [0.717, 1.165) is 0 Å². The van der Waals surface area contributed by atoms with Gasteiger partial charge >= 0.3 is 82.5 Å². The molecule has 11 heavy (non-hydrogen) atoms. The summed E-state index contributed by atoms with van der Waals surface area (Å²) in [5.41, 5.74) is 0. The maximum absolute atomic E-state index is 8.94.